The zero-order chi connectivity index (χ0) is 8.72. The quantitative estimate of drug-likeness (QED) is 0.736. The van der Waals surface area contributed by atoms with E-state index in [9.17, 15) is 0 Å². The second-order valence-electron chi connectivity index (χ2n) is 2.42. The van der Waals surface area contributed by atoms with E-state index < -0.39 is 0 Å². The first-order chi connectivity index (χ1) is 5.66. The number of thiazole rings is 1. The first-order valence-electron chi connectivity index (χ1n) is 3.33. The lowest BCUT2D eigenvalue weighted by Crippen LogP contribution is -1.82. The van der Waals surface area contributed by atoms with Crippen LogP contribution < -0.4 is 0 Å². The highest BCUT2D eigenvalue weighted by atomic mass is 79.9. The first kappa shape index (κ1) is 8.34. The number of hydrogen-bond donors (Lipinski definition) is 1. The van der Waals surface area contributed by atoms with Gasteiger partial charge >= 0.3 is 0 Å². The van der Waals surface area contributed by atoms with Gasteiger partial charge in [-0.2, -0.15) is 0 Å². The van der Waals surface area contributed by atoms with E-state index in [1.807, 2.05) is 13.0 Å². The summed E-state index contributed by atoms with van der Waals surface area (Å²) in [5, 5.41) is 0. The maximum Gasteiger partial charge on any atom is 0.160 e. The lowest BCUT2D eigenvalue weighted by atomic mass is 10.4. The maximum atomic E-state index is 5.01. The van der Waals surface area contributed by atoms with Crippen molar-refractivity contribution >= 4 is 49.8 Å². The number of nitrogens with one attached hydrogen (secondary N) is 1. The number of halogens is 1. The van der Waals surface area contributed by atoms with Crippen LogP contribution in [0.1, 0.15) is 5.69 Å². The summed E-state index contributed by atoms with van der Waals surface area (Å²) in [6.07, 6.45) is 0. The molecule has 0 spiro atoms. The lowest BCUT2D eigenvalue weighted by Gasteiger charge is -1.94. The molecule has 0 aliphatic heterocycles. The van der Waals surface area contributed by atoms with Gasteiger partial charge in [0.25, 0.3) is 0 Å². The Bertz CT molecular complexity index is 444. The van der Waals surface area contributed by atoms with Gasteiger partial charge in [-0.05, 0) is 41.1 Å². The fraction of sp³-hybridized carbons (Fsp3) is 0.143. The molecule has 5 heteroatoms. The standard InChI is InChI=1S/C7H5BrN2S2/c1-3-4(8)2-5-6(9-3)10-7(11)12-5/h2H,1H3,(H,9,10,11). The molecule has 0 unspecified atom stereocenters. The molecule has 0 saturated carbocycles. The van der Waals surface area contributed by atoms with Crippen molar-refractivity contribution < 1.29 is 0 Å². The summed E-state index contributed by atoms with van der Waals surface area (Å²) in [5.41, 5.74) is 1.86. The van der Waals surface area contributed by atoms with E-state index in [1.54, 1.807) is 11.3 Å². The summed E-state index contributed by atoms with van der Waals surface area (Å²) in [6.45, 7) is 1.96. The van der Waals surface area contributed by atoms with Gasteiger partial charge in [0, 0.05) is 4.47 Å². The zero-order valence-corrected chi connectivity index (χ0v) is 9.44. The molecule has 2 rings (SSSR count). The minimum atomic E-state index is 0.773. The molecule has 0 atom stereocenters. The molecule has 0 saturated heterocycles. The molecule has 2 nitrogen and oxygen atoms in total. The van der Waals surface area contributed by atoms with Crippen molar-refractivity contribution in [1.82, 2.24) is 9.97 Å². The van der Waals surface area contributed by atoms with Crippen molar-refractivity contribution in [3.8, 4) is 0 Å². The van der Waals surface area contributed by atoms with Crippen molar-refractivity contribution in [2.24, 2.45) is 0 Å². The van der Waals surface area contributed by atoms with Gasteiger partial charge in [0.2, 0.25) is 0 Å². The second-order valence-corrected chi connectivity index (χ2v) is 4.99. The summed E-state index contributed by atoms with van der Waals surface area (Å²) in [6, 6.07) is 2.04. The lowest BCUT2D eigenvalue weighted by molar-refractivity contribution is 1.20. The van der Waals surface area contributed by atoms with Gasteiger partial charge < -0.3 is 4.98 Å². The van der Waals surface area contributed by atoms with E-state index in [2.05, 4.69) is 25.9 Å². The van der Waals surface area contributed by atoms with Gasteiger partial charge in [0.05, 0.1) is 10.4 Å². The SMILES string of the molecule is Cc1nc2[nH]c(=S)sc2cc1Br. The third-order valence-electron chi connectivity index (χ3n) is 1.54. The normalized spacial score (nSPS) is 10.8. The van der Waals surface area contributed by atoms with Crippen LogP contribution in [0.3, 0.4) is 0 Å². The van der Waals surface area contributed by atoms with Gasteiger partial charge in [-0.1, -0.05) is 0 Å². The van der Waals surface area contributed by atoms with Crippen molar-refractivity contribution in [1.29, 1.82) is 0 Å². The Hall–Kier alpha value is -0.260. The molecule has 0 aliphatic carbocycles. The Kier molecular flexibility index (Phi) is 2.02. The van der Waals surface area contributed by atoms with Crippen LogP contribution in [0.2, 0.25) is 0 Å². The first-order valence-corrected chi connectivity index (χ1v) is 5.34. The van der Waals surface area contributed by atoms with Crippen LogP contribution in [-0.2, 0) is 0 Å². The molecule has 0 aromatic carbocycles. The third-order valence-corrected chi connectivity index (χ3v) is 3.51. The average molecular weight is 261 g/mol. The summed E-state index contributed by atoms with van der Waals surface area (Å²) in [7, 11) is 0. The Labute approximate surface area is 86.8 Å². The number of hydrogen-bond acceptors (Lipinski definition) is 3. The van der Waals surface area contributed by atoms with Crippen LogP contribution >= 0.6 is 39.5 Å². The number of nitrogens with zero attached hydrogens (tertiary/aromatic N) is 1. The molecule has 2 aromatic rings. The molecule has 0 fully saturated rings. The molecule has 2 aromatic heterocycles. The van der Waals surface area contributed by atoms with Crippen LogP contribution in [0.25, 0.3) is 10.3 Å². The molecule has 2 heterocycles. The summed E-state index contributed by atoms with van der Waals surface area (Å²) >= 11 is 9.97. The Morgan fingerprint density at radius 1 is 1.67 bits per heavy atom. The molecule has 62 valence electrons. The van der Waals surface area contributed by atoms with Crippen LogP contribution in [-0.4, -0.2) is 9.97 Å². The van der Waals surface area contributed by atoms with Gasteiger partial charge in [-0.3, -0.25) is 0 Å². The molecular weight excluding hydrogens is 256 g/mol. The van der Waals surface area contributed by atoms with E-state index in [1.165, 1.54) is 0 Å². The van der Waals surface area contributed by atoms with Gasteiger partial charge in [0.15, 0.2) is 3.95 Å². The molecule has 0 bridgehead atoms. The molecule has 1 N–H and O–H groups in total. The van der Waals surface area contributed by atoms with Crippen molar-refractivity contribution in [2.45, 2.75) is 6.92 Å². The van der Waals surface area contributed by atoms with Crippen LogP contribution in [0, 0.1) is 10.9 Å². The largest absolute Gasteiger partial charge is 0.322 e. The van der Waals surface area contributed by atoms with Crippen LogP contribution in [0.4, 0.5) is 0 Å². The molecular formula is C7H5BrN2S2. The van der Waals surface area contributed by atoms with Crippen LogP contribution in [0.5, 0.6) is 0 Å². The number of aromatic nitrogens is 2. The van der Waals surface area contributed by atoms with E-state index in [0.717, 1.165) is 24.5 Å². The molecule has 0 radical (unpaired) electrons. The minimum absolute atomic E-state index is 0.773. The van der Waals surface area contributed by atoms with Crippen molar-refractivity contribution in [3.05, 3.63) is 20.2 Å². The number of rotatable bonds is 0. The van der Waals surface area contributed by atoms with Gasteiger partial charge in [-0.25, -0.2) is 4.98 Å². The summed E-state index contributed by atoms with van der Waals surface area (Å²) in [5.74, 6) is 0. The number of aryl methyl sites for hydroxylation is 1. The topological polar surface area (TPSA) is 28.7 Å². The fourth-order valence-corrected chi connectivity index (χ4v) is 2.51. The number of fused-ring (bicyclic) bond motifs is 1. The number of pyridine rings is 1. The summed E-state index contributed by atoms with van der Waals surface area (Å²) < 4.78 is 2.90. The Morgan fingerprint density at radius 3 is 3.17 bits per heavy atom. The predicted octanol–water partition coefficient (Wildman–Crippen LogP) is 3.42. The average Bonchev–Trinajstić information content (AvgIpc) is 2.30. The highest BCUT2D eigenvalue weighted by Crippen LogP contribution is 2.23. The number of aromatic amines is 1. The minimum Gasteiger partial charge on any atom is -0.322 e. The molecule has 0 aliphatic rings. The highest BCUT2D eigenvalue weighted by Gasteiger charge is 2.02. The molecule has 0 amide bonds. The maximum absolute atomic E-state index is 5.01. The van der Waals surface area contributed by atoms with E-state index in [4.69, 9.17) is 12.2 Å². The van der Waals surface area contributed by atoms with Crippen molar-refractivity contribution in [2.75, 3.05) is 0 Å². The van der Waals surface area contributed by atoms with Gasteiger partial charge in [-0.15, -0.1) is 11.3 Å². The Balaban J connectivity index is 2.92. The fourth-order valence-electron chi connectivity index (χ4n) is 0.954. The number of H-pyrrole nitrogens is 1. The zero-order valence-electron chi connectivity index (χ0n) is 6.22. The van der Waals surface area contributed by atoms with Gasteiger partial charge in [0.1, 0.15) is 5.65 Å². The molecule has 12 heavy (non-hydrogen) atoms. The monoisotopic (exact) mass is 260 g/mol. The third kappa shape index (κ3) is 1.32. The predicted molar refractivity (Wildman–Crippen MR) is 57.2 cm³/mol. The van der Waals surface area contributed by atoms with Crippen LogP contribution in [0.15, 0.2) is 10.5 Å². The highest BCUT2D eigenvalue weighted by molar-refractivity contribution is 9.10. The van der Waals surface area contributed by atoms with E-state index in [0.29, 0.717) is 0 Å². The summed E-state index contributed by atoms with van der Waals surface area (Å²) in [4.78, 5) is 7.37. The van der Waals surface area contributed by atoms with E-state index >= 15 is 0 Å². The van der Waals surface area contributed by atoms with Crippen molar-refractivity contribution in [3.63, 3.8) is 0 Å². The Morgan fingerprint density at radius 2 is 2.42 bits per heavy atom. The van der Waals surface area contributed by atoms with E-state index in [-0.39, 0.29) is 0 Å². The second kappa shape index (κ2) is 2.90. The smallest absolute Gasteiger partial charge is 0.160 e.